The van der Waals surface area contributed by atoms with Crippen LogP contribution in [-0.2, 0) is 19.3 Å². The van der Waals surface area contributed by atoms with Gasteiger partial charge in [0.15, 0.2) is 0 Å². The number of nitrogens with one attached hydrogen (secondary N) is 2. The number of pyridine rings is 1. The third-order valence-electron chi connectivity index (χ3n) is 5.21. The van der Waals surface area contributed by atoms with Crippen molar-refractivity contribution in [2.24, 2.45) is 0 Å². The molecule has 3 heterocycles. The molecule has 6 heteroatoms. The molecule has 2 N–H and O–H groups in total. The third-order valence-corrected chi connectivity index (χ3v) is 6.29. The van der Waals surface area contributed by atoms with Crippen LogP contribution >= 0.6 is 11.3 Å². The van der Waals surface area contributed by atoms with Gasteiger partial charge in [-0.1, -0.05) is 13.3 Å². The van der Waals surface area contributed by atoms with E-state index in [0.717, 1.165) is 53.2 Å². The quantitative estimate of drug-likeness (QED) is 0.700. The Balaban J connectivity index is 1.86. The van der Waals surface area contributed by atoms with Gasteiger partial charge in [-0.2, -0.15) is 0 Å². The number of hydrogen-bond acceptors (Lipinski definition) is 5. The van der Waals surface area contributed by atoms with Gasteiger partial charge in [0, 0.05) is 11.1 Å². The molecule has 138 valence electrons. The molecule has 1 aliphatic carbocycles. The summed E-state index contributed by atoms with van der Waals surface area (Å²) in [5.41, 5.74) is 5.43. The van der Waals surface area contributed by atoms with Gasteiger partial charge in [0.05, 0.1) is 37.4 Å². The first kappa shape index (κ1) is 17.6. The fourth-order valence-electron chi connectivity index (χ4n) is 3.94. The van der Waals surface area contributed by atoms with Crippen molar-refractivity contribution in [1.29, 1.82) is 0 Å². The first-order chi connectivity index (χ1) is 12.7. The van der Waals surface area contributed by atoms with E-state index in [-0.39, 0.29) is 0 Å². The van der Waals surface area contributed by atoms with Gasteiger partial charge in [0.25, 0.3) is 0 Å². The van der Waals surface area contributed by atoms with E-state index in [0.29, 0.717) is 0 Å². The Morgan fingerprint density at radius 3 is 2.73 bits per heavy atom. The van der Waals surface area contributed by atoms with E-state index in [4.69, 9.17) is 4.98 Å². The second kappa shape index (κ2) is 7.45. The second-order valence-corrected chi connectivity index (χ2v) is 8.54. The van der Waals surface area contributed by atoms with Crippen LogP contribution in [0.2, 0.25) is 0 Å². The zero-order valence-electron chi connectivity index (χ0n) is 16.0. The summed E-state index contributed by atoms with van der Waals surface area (Å²) in [6.07, 6.45) is 8.82. The Morgan fingerprint density at radius 2 is 1.96 bits per heavy atom. The summed E-state index contributed by atoms with van der Waals surface area (Å²) in [6.45, 7) is 4.21. The van der Waals surface area contributed by atoms with Crippen LogP contribution in [0.1, 0.15) is 43.0 Å². The second-order valence-electron chi connectivity index (χ2n) is 7.54. The van der Waals surface area contributed by atoms with E-state index in [1.54, 1.807) is 17.7 Å². The van der Waals surface area contributed by atoms with Crippen molar-refractivity contribution >= 4 is 37.6 Å². The van der Waals surface area contributed by atoms with E-state index in [2.05, 4.69) is 36.3 Å². The van der Waals surface area contributed by atoms with Crippen LogP contribution < -0.4 is 10.2 Å². The van der Waals surface area contributed by atoms with Gasteiger partial charge >= 0.3 is 0 Å². The lowest BCUT2D eigenvalue weighted by Gasteiger charge is -2.19. The number of thiophene rings is 1. The molecule has 0 bridgehead atoms. The molecule has 0 aromatic carbocycles. The standard InChI is InChI=1S/C20H27N5S/c1-4-7-15-13-8-5-6-9-14(13)16-17-18(26-20(16)24-15)19(23-12-22-17)21-10-11-25(2)3/h12H,4-11H2,1-3H3,(H,21,22,23)/p+1. The Labute approximate surface area is 158 Å². The number of aryl methyl sites for hydroxylation is 2. The molecule has 0 aliphatic heterocycles. The maximum absolute atomic E-state index is 5.08. The van der Waals surface area contributed by atoms with Crippen molar-refractivity contribution in [2.45, 2.75) is 45.4 Å². The highest BCUT2D eigenvalue weighted by atomic mass is 32.1. The predicted molar refractivity (Wildman–Crippen MR) is 110 cm³/mol. The molecule has 0 amide bonds. The number of rotatable bonds is 6. The van der Waals surface area contributed by atoms with Crippen LogP contribution in [0.5, 0.6) is 0 Å². The lowest BCUT2D eigenvalue weighted by atomic mass is 9.88. The van der Waals surface area contributed by atoms with Crippen molar-refractivity contribution in [1.82, 2.24) is 15.0 Å². The van der Waals surface area contributed by atoms with Crippen LogP contribution in [0.25, 0.3) is 20.4 Å². The molecule has 3 aromatic rings. The van der Waals surface area contributed by atoms with Crippen molar-refractivity contribution in [2.75, 3.05) is 32.5 Å². The zero-order valence-corrected chi connectivity index (χ0v) is 16.8. The Kier molecular flexibility index (Phi) is 5.05. The minimum Gasteiger partial charge on any atom is -0.363 e. The smallest absolute Gasteiger partial charge is 0.147 e. The molecular weight excluding hydrogens is 342 g/mol. The number of aromatic nitrogens is 3. The van der Waals surface area contributed by atoms with Gasteiger partial charge in [0.2, 0.25) is 0 Å². The Morgan fingerprint density at radius 1 is 1.15 bits per heavy atom. The number of likely N-dealkylation sites (N-methyl/N-ethyl adjacent to an activating group) is 1. The summed E-state index contributed by atoms with van der Waals surface area (Å²) >= 11 is 1.75. The van der Waals surface area contributed by atoms with Gasteiger partial charge in [-0.15, -0.1) is 11.3 Å². The number of hydrogen-bond donors (Lipinski definition) is 2. The Bertz CT molecular complexity index is 931. The number of quaternary nitrogens is 1. The zero-order chi connectivity index (χ0) is 18.1. The maximum atomic E-state index is 5.08. The number of anilines is 1. The van der Waals surface area contributed by atoms with Crippen LogP contribution in [-0.4, -0.2) is 42.1 Å². The minimum absolute atomic E-state index is 0.912. The van der Waals surface area contributed by atoms with Crippen molar-refractivity contribution in [3.63, 3.8) is 0 Å². The van der Waals surface area contributed by atoms with Crippen molar-refractivity contribution < 1.29 is 4.90 Å². The molecule has 0 saturated carbocycles. The molecule has 26 heavy (non-hydrogen) atoms. The normalized spacial score (nSPS) is 14.3. The maximum Gasteiger partial charge on any atom is 0.147 e. The molecule has 0 spiro atoms. The van der Waals surface area contributed by atoms with E-state index in [1.165, 1.54) is 46.4 Å². The van der Waals surface area contributed by atoms with Gasteiger partial charge < -0.3 is 10.2 Å². The van der Waals surface area contributed by atoms with E-state index in [9.17, 15) is 0 Å². The van der Waals surface area contributed by atoms with E-state index >= 15 is 0 Å². The lowest BCUT2D eigenvalue weighted by Crippen LogP contribution is -3.06. The molecule has 3 aromatic heterocycles. The van der Waals surface area contributed by atoms with Gasteiger partial charge in [0.1, 0.15) is 17.0 Å². The lowest BCUT2D eigenvalue weighted by molar-refractivity contribution is -0.856. The SMILES string of the molecule is CCCc1nc2sc3c(NCC[NH+](C)C)ncnc3c2c2c1CCCC2. The van der Waals surface area contributed by atoms with E-state index < -0.39 is 0 Å². The van der Waals surface area contributed by atoms with Crippen LogP contribution in [0.3, 0.4) is 0 Å². The topological polar surface area (TPSA) is 55.1 Å². The Hall–Kier alpha value is -1.79. The molecule has 0 atom stereocenters. The summed E-state index contributed by atoms with van der Waals surface area (Å²) in [7, 11) is 4.34. The molecule has 1 aliphatic rings. The highest BCUT2D eigenvalue weighted by Gasteiger charge is 2.22. The highest BCUT2D eigenvalue weighted by Crippen LogP contribution is 2.40. The fourth-order valence-corrected chi connectivity index (χ4v) is 5.08. The monoisotopic (exact) mass is 370 g/mol. The average molecular weight is 371 g/mol. The van der Waals surface area contributed by atoms with E-state index in [1.807, 2.05) is 0 Å². The predicted octanol–water partition coefficient (Wildman–Crippen LogP) is 2.63. The van der Waals surface area contributed by atoms with Gasteiger partial charge in [-0.25, -0.2) is 15.0 Å². The number of fused-ring (bicyclic) bond motifs is 5. The summed E-state index contributed by atoms with van der Waals surface area (Å²) in [5.74, 6) is 0.959. The van der Waals surface area contributed by atoms with Crippen LogP contribution in [0.15, 0.2) is 6.33 Å². The summed E-state index contributed by atoms with van der Waals surface area (Å²) < 4.78 is 1.16. The van der Waals surface area contributed by atoms with Crippen molar-refractivity contribution in [3.8, 4) is 0 Å². The third kappa shape index (κ3) is 3.16. The molecule has 4 rings (SSSR count). The molecule has 0 radical (unpaired) electrons. The van der Waals surface area contributed by atoms with Gasteiger partial charge in [-0.05, 0) is 43.2 Å². The van der Waals surface area contributed by atoms with Gasteiger partial charge in [-0.3, -0.25) is 0 Å². The first-order valence-electron chi connectivity index (χ1n) is 9.79. The molecule has 5 nitrogen and oxygen atoms in total. The molecule has 0 saturated heterocycles. The molecular formula is C20H28N5S+. The summed E-state index contributed by atoms with van der Waals surface area (Å²) in [6, 6.07) is 0. The average Bonchev–Trinajstić information content (AvgIpc) is 3.01. The number of nitrogens with zero attached hydrogens (tertiary/aromatic N) is 3. The molecule has 0 unspecified atom stereocenters. The fraction of sp³-hybridized carbons (Fsp3) is 0.550. The van der Waals surface area contributed by atoms with Crippen molar-refractivity contribution in [3.05, 3.63) is 23.1 Å². The highest BCUT2D eigenvalue weighted by molar-refractivity contribution is 7.26. The summed E-state index contributed by atoms with van der Waals surface area (Å²) in [5, 5.41) is 4.81. The largest absolute Gasteiger partial charge is 0.363 e. The van der Waals surface area contributed by atoms with Crippen LogP contribution in [0, 0.1) is 0 Å². The molecule has 0 fully saturated rings. The summed E-state index contributed by atoms with van der Waals surface area (Å²) in [4.78, 5) is 16.9. The minimum atomic E-state index is 0.912. The van der Waals surface area contributed by atoms with Crippen LogP contribution in [0.4, 0.5) is 5.82 Å². The first-order valence-corrected chi connectivity index (χ1v) is 10.6.